The quantitative estimate of drug-likeness (QED) is 0.846. The van der Waals surface area contributed by atoms with E-state index in [4.69, 9.17) is 10.00 Å². The maximum Gasteiger partial charge on any atom is 0.422 e. The molecule has 0 bridgehead atoms. The number of hydrogen-bond donors (Lipinski definition) is 2. The molecule has 9 heteroatoms. The van der Waals surface area contributed by atoms with Gasteiger partial charge < -0.3 is 19.9 Å². The lowest BCUT2D eigenvalue weighted by molar-refractivity contribution is -0.153. The Balaban J connectivity index is 2.20. The van der Waals surface area contributed by atoms with E-state index >= 15 is 0 Å². The fraction of sp³-hybridized carbons (Fsp3) is 0.176. The van der Waals surface area contributed by atoms with E-state index in [0.717, 1.165) is 6.07 Å². The Morgan fingerprint density at radius 1 is 1.27 bits per heavy atom. The lowest BCUT2D eigenvalue weighted by Crippen LogP contribution is -2.19. The number of ether oxygens (including phenoxy) is 2. The molecule has 0 heterocycles. The molecule has 0 aliphatic rings. The van der Waals surface area contributed by atoms with Gasteiger partial charge in [-0.25, -0.2) is 0 Å². The van der Waals surface area contributed by atoms with Crippen molar-refractivity contribution < 1.29 is 32.5 Å². The summed E-state index contributed by atoms with van der Waals surface area (Å²) in [5.74, 6) is -1.20. The predicted octanol–water partition coefficient (Wildman–Crippen LogP) is 3.47. The zero-order valence-corrected chi connectivity index (χ0v) is 13.4. The zero-order valence-electron chi connectivity index (χ0n) is 13.4. The number of nitriles is 1. The Labute approximate surface area is 146 Å². The number of hydrogen-bond acceptors (Lipinski definition) is 5. The number of carbonyl (C=O) groups excluding carboxylic acids is 1. The standard InChI is InChI=1S/C17H13F3N2O4/c1-25-14-4-2-3-12(15(14)23)16(24)22-11-5-6-13(10(7-11)8-21)26-9-17(18,19)20/h2-7,23H,9H2,1H3,(H,22,24). The van der Waals surface area contributed by atoms with Gasteiger partial charge in [-0.05, 0) is 30.3 Å². The molecular weight excluding hydrogens is 353 g/mol. The normalized spacial score (nSPS) is 10.7. The summed E-state index contributed by atoms with van der Waals surface area (Å²) in [6.45, 7) is -1.54. The lowest BCUT2D eigenvalue weighted by Gasteiger charge is -2.12. The van der Waals surface area contributed by atoms with Crippen LogP contribution in [0.5, 0.6) is 17.2 Å². The SMILES string of the molecule is COc1cccc(C(=O)Nc2ccc(OCC(F)(F)F)c(C#N)c2)c1O. The van der Waals surface area contributed by atoms with Crippen LogP contribution in [0.2, 0.25) is 0 Å². The van der Waals surface area contributed by atoms with Gasteiger partial charge in [-0.2, -0.15) is 18.4 Å². The average Bonchev–Trinajstić information content (AvgIpc) is 2.59. The maximum absolute atomic E-state index is 12.3. The van der Waals surface area contributed by atoms with Gasteiger partial charge in [0.05, 0.1) is 18.2 Å². The highest BCUT2D eigenvalue weighted by Crippen LogP contribution is 2.30. The summed E-state index contributed by atoms with van der Waals surface area (Å²) in [6.07, 6.45) is -4.54. The minimum absolute atomic E-state index is 0.0692. The Morgan fingerprint density at radius 3 is 2.62 bits per heavy atom. The smallest absolute Gasteiger partial charge is 0.422 e. The molecule has 0 spiro atoms. The largest absolute Gasteiger partial charge is 0.504 e. The predicted molar refractivity (Wildman–Crippen MR) is 85.3 cm³/mol. The number of alkyl halides is 3. The molecule has 1 amide bonds. The van der Waals surface area contributed by atoms with E-state index in [1.165, 1.54) is 37.4 Å². The highest BCUT2D eigenvalue weighted by atomic mass is 19.4. The van der Waals surface area contributed by atoms with E-state index in [2.05, 4.69) is 10.1 Å². The number of carbonyl (C=O) groups is 1. The third-order valence-corrected chi connectivity index (χ3v) is 3.21. The molecule has 2 N–H and O–H groups in total. The maximum atomic E-state index is 12.3. The number of para-hydroxylation sites is 1. The minimum atomic E-state index is -4.54. The molecule has 2 rings (SSSR count). The number of phenols is 1. The average molecular weight is 366 g/mol. The molecule has 136 valence electrons. The lowest BCUT2D eigenvalue weighted by atomic mass is 10.1. The fourth-order valence-corrected chi connectivity index (χ4v) is 2.05. The molecule has 0 unspecified atom stereocenters. The molecule has 0 aliphatic heterocycles. The van der Waals surface area contributed by atoms with Crippen molar-refractivity contribution in [1.29, 1.82) is 5.26 Å². The van der Waals surface area contributed by atoms with Crippen LogP contribution in [-0.2, 0) is 0 Å². The first kappa shape index (κ1) is 18.9. The van der Waals surface area contributed by atoms with Gasteiger partial charge in [0, 0.05) is 5.69 Å². The summed E-state index contributed by atoms with van der Waals surface area (Å²) in [7, 11) is 1.33. The molecule has 6 nitrogen and oxygen atoms in total. The second-order valence-corrected chi connectivity index (χ2v) is 5.04. The van der Waals surface area contributed by atoms with Gasteiger partial charge in [-0.3, -0.25) is 4.79 Å². The summed E-state index contributed by atoms with van der Waals surface area (Å²) in [5.41, 5.74) is -0.102. The summed E-state index contributed by atoms with van der Waals surface area (Å²) in [5, 5.41) is 21.5. The van der Waals surface area contributed by atoms with E-state index in [-0.39, 0.29) is 34.1 Å². The van der Waals surface area contributed by atoms with Crippen LogP contribution >= 0.6 is 0 Å². The molecule has 2 aromatic rings. The molecule has 2 aromatic carbocycles. The number of aromatic hydroxyl groups is 1. The molecule has 0 aliphatic carbocycles. The number of nitrogens with one attached hydrogen (secondary N) is 1. The van der Waals surface area contributed by atoms with Crippen molar-refractivity contribution in [2.24, 2.45) is 0 Å². The number of anilines is 1. The van der Waals surface area contributed by atoms with Crippen LogP contribution in [0.15, 0.2) is 36.4 Å². The molecule has 0 radical (unpaired) electrons. The molecule has 0 atom stereocenters. The van der Waals surface area contributed by atoms with Crippen molar-refractivity contribution >= 4 is 11.6 Å². The van der Waals surface area contributed by atoms with Gasteiger partial charge in [-0.15, -0.1) is 0 Å². The number of rotatable bonds is 5. The zero-order chi connectivity index (χ0) is 19.3. The van der Waals surface area contributed by atoms with Crippen molar-refractivity contribution in [3.8, 4) is 23.3 Å². The topological polar surface area (TPSA) is 91.6 Å². The molecule has 0 saturated carbocycles. The highest BCUT2D eigenvalue weighted by Gasteiger charge is 2.29. The Hall–Kier alpha value is -3.41. The summed E-state index contributed by atoms with van der Waals surface area (Å²) in [4.78, 5) is 12.3. The van der Waals surface area contributed by atoms with Crippen LogP contribution in [0.3, 0.4) is 0 Å². The van der Waals surface area contributed by atoms with Crippen molar-refractivity contribution in [3.63, 3.8) is 0 Å². The second kappa shape index (κ2) is 7.65. The summed E-state index contributed by atoms with van der Waals surface area (Å²) in [6, 6.07) is 9.62. The molecule has 0 saturated heterocycles. The Bertz CT molecular complexity index is 860. The Morgan fingerprint density at radius 2 is 2.00 bits per heavy atom. The molecule has 26 heavy (non-hydrogen) atoms. The van der Waals surface area contributed by atoms with Crippen molar-refractivity contribution in [2.75, 3.05) is 19.0 Å². The first-order valence-electron chi connectivity index (χ1n) is 7.16. The van der Waals surface area contributed by atoms with E-state index in [9.17, 15) is 23.1 Å². The molecule has 0 aromatic heterocycles. The van der Waals surface area contributed by atoms with Crippen LogP contribution in [0, 0.1) is 11.3 Å². The minimum Gasteiger partial charge on any atom is -0.504 e. The summed E-state index contributed by atoms with van der Waals surface area (Å²) >= 11 is 0. The van der Waals surface area contributed by atoms with Crippen molar-refractivity contribution in [1.82, 2.24) is 0 Å². The van der Waals surface area contributed by atoms with Crippen molar-refractivity contribution in [2.45, 2.75) is 6.18 Å². The molecule has 0 fully saturated rings. The number of nitrogens with zero attached hydrogens (tertiary/aromatic N) is 1. The second-order valence-electron chi connectivity index (χ2n) is 5.04. The van der Waals surface area contributed by atoms with Crippen LogP contribution < -0.4 is 14.8 Å². The highest BCUT2D eigenvalue weighted by molar-refractivity contribution is 6.06. The van der Waals surface area contributed by atoms with Gasteiger partial charge in [0.15, 0.2) is 18.1 Å². The molecular formula is C17H13F3N2O4. The van der Waals surface area contributed by atoms with E-state index in [0.29, 0.717) is 0 Å². The van der Waals surface area contributed by atoms with Crippen LogP contribution in [0.25, 0.3) is 0 Å². The van der Waals surface area contributed by atoms with Crippen LogP contribution in [0.4, 0.5) is 18.9 Å². The van der Waals surface area contributed by atoms with Gasteiger partial charge in [0.25, 0.3) is 5.91 Å². The van der Waals surface area contributed by atoms with Crippen molar-refractivity contribution in [3.05, 3.63) is 47.5 Å². The first-order valence-corrected chi connectivity index (χ1v) is 7.16. The van der Waals surface area contributed by atoms with Crippen LogP contribution in [-0.4, -0.2) is 30.9 Å². The number of methoxy groups -OCH3 is 1. The number of amides is 1. The van der Waals surface area contributed by atoms with E-state index in [1.54, 1.807) is 6.07 Å². The van der Waals surface area contributed by atoms with Crippen LogP contribution in [0.1, 0.15) is 15.9 Å². The Kier molecular flexibility index (Phi) is 5.57. The van der Waals surface area contributed by atoms with Gasteiger partial charge >= 0.3 is 6.18 Å². The monoisotopic (exact) mass is 366 g/mol. The summed E-state index contributed by atoms with van der Waals surface area (Å²) < 4.78 is 46.1. The van der Waals surface area contributed by atoms with Gasteiger partial charge in [0.2, 0.25) is 0 Å². The van der Waals surface area contributed by atoms with Gasteiger partial charge in [-0.1, -0.05) is 6.07 Å². The van der Waals surface area contributed by atoms with Gasteiger partial charge in [0.1, 0.15) is 11.8 Å². The number of phenolic OH excluding ortho intramolecular Hbond substituents is 1. The fourth-order valence-electron chi connectivity index (χ4n) is 2.05. The first-order chi connectivity index (χ1) is 12.2. The number of halogens is 3. The number of benzene rings is 2. The van der Waals surface area contributed by atoms with E-state index in [1.807, 2.05) is 0 Å². The third kappa shape index (κ3) is 4.57. The third-order valence-electron chi connectivity index (χ3n) is 3.21. The van der Waals surface area contributed by atoms with E-state index < -0.39 is 18.7 Å².